The van der Waals surface area contributed by atoms with Crippen molar-refractivity contribution in [3.8, 4) is 0 Å². The molecule has 0 rings (SSSR count). The fourth-order valence-corrected chi connectivity index (χ4v) is 10.3. The molecule has 2 unspecified atom stereocenters. The van der Waals surface area contributed by atoms with Gasteiger partial charge in [0.15, 0.2) is 0 Å². The van der Waals surface area contributed by atoms with Crippen LogP contribution in [-0.2, 0) is 14.3 Å². The minimum Gasteiger partial charge on any atom is -0.466 e. The first kappa shape index (κ1) is 72.1. The summed E-state index contributed by atoms with van der Waals surface area (Å²) < 4.78 is 5.46. The van der Waals surface area contributed by atoms with Crippen LogP contribution in [0.1, 0.15) is 361 Å². The van der Waals surface area contributed by atoms with Gasteiger partial charge in [0.05, 0.1) is 25.4 Å². The molecule has 0 saturated heterocycles. The van der Waals surface area contributed by atoms with Crippen LogP contribution in [0, 0.1) is 0 Å². The van der Waals surface area contributed by atoms with Crippen molar-refractivity contribution in [1.82, 2.24) is 5.32 Å². The average molecular weight is 1040 g/mol. The predicted octanol–water partition coefficient (Wildman–Crippen LogP) is 21.1. The van der Waals surface area contributed by atoms with Crippen molar-refractivity contribution in [2.45, 2.75) is 373 Å². The number of unbranched alkanes of at least 4 members (excludes halogenated alkanes) is 46. The van der Waals surface area contributed by atoms with Gasteiger partial charge in [-0.05, 0) is 83.5 Å². The molecule has 3 N–H and O–H groups in total. The number of esters is 1. The third kappa shape index (κ3) is 59.3. The fraction of sp³-hybridized carbons (Fsp3) is 0.882. The molecule has 0 heterocycles. The van der Waals surface area contributed by atoms with Crippen molar-refractivity contribution < 1.29 is 24.5 Å². The van der Waals surface area contributed by atoms with Crippen LogP contribution in [0.25, 0.3) is 0 Å². The van der Waals surface area contributed by atoms with Gasteiger partial charge in [0.25, 0.3) is 0 Å². The van der Waals surface area contributed by atoms with Crippen LogP contribution >= 0.6 is 0 Å². The van der Waals surface area contributed by atoms with Crippen LogP contribution in [0.2, 0.25) is 0 Å². The first-order valence-corrected chi connectivity index (χ1v) is 33.3. The zero-order valence-electron chi connectivity index (χ0n) is 49.8. The van der Waals surface area contributed by atoms with Crippen LogP contribution in [0.4, 0.5) is 0 Å². The molecule has 2 atom stereocenters. The predicted molar refractivity (Wildman–Crippen MR) is 324 cm³/mol. The van der Waals surface area contributed by atoms with E-state index in [-0.39, 0.29) is 18.5 Å². The molecule has 0 fully saturated rings. The van der Waals surface area contributed by atoms with E-state index in [1.54, 1.807) is 0 Å². The Morgan fingerprint density at radius 2 is 0.676 bits per heavy atom. The topological polar surface area (TPSA) is 95.9 Å². The number of aliphatic hydroxyl groups is 2. The lowest BCUT2D eigenvalue weighted by atomic mass is 10.0. The van der Waals surface area contributed by atoms with Gasteiger partial charge in [-0.1, -0.05) is 301 Å². The van der Waals surface area contributed by atoms with Crippen molar-refractivity contribution in [2.24, 2.45) is 0 Å². The second-order valence-electron chi connectivity index (χ2n) is 22.8. The SMILES string of the molecule is CCCCCCCCC/C=C\CCCCCCCC(=O)OCCCCC/C=C\C=C/CCCCCCCCCCCCC(=O)NC(CO)C(O)CCCCCCCCCCCCCCCCCCCCCCCC. The Kier molecular flexibility index (Phi) is 62.0. The van der Waals surface area contributed by atoms with Gasteiger partial charge in [0, 0.05) is 12.8 Å². The summed E-state index contributed by atoms with van der Waals surface area (Å²) in [6, 6.07) is -0.551. The summed E-state index contributed by atoms with van der Waals surface area (Å²) in [6.07, 6.45) is 80.2. The first-order valence-electron chi connectivity index (χ1n) is 33.3. The normalized spacial score (nSPS) is 12.8. The summed E-state index contributed by atoms with van der Waals surface area (Å²) in [6.45, 7) is 4.93. The lowest BCUT2D eigenvalue weighted by Gasteiger charge is -2.22. The van der Waals surface area contributed by atoms with Gasteiger partial charge in [0.2, 0.25) is 5.91 Å². The third-order valence-corrected chi connectivity index (χ3v) is 15.4. The largest absolute Gasteiger partial charge is 0.466 e. The number of hydrogen-bond donors (Lipinski definition) is 3. The molecule has 0 aromatic rings. The summed E-state index contributed by atoms with van der Waals surface area (Å²) in [5.41, 5.74) is 0. The zero-order valence-corrected chi connectivity index (χ0v) is 49.8. The van der Waals surface area contributed by atoms with Crippen LogP contribution < -0.4 is 5.32 Å². The second kappa shape index (κ2) is 63.6. The van der Waals surface area contributed by atoms with E-state index in [1.807, 2.05) is 0 Å². The van der Waals surface area contributed by atoms with Gasteiger partial charge >= 0.3 is 5.97 Å². The molecular formula is C68H129NO5. The van der Waals surface area contributed by atoms with Crippen LogP contribution in [-0.4, -0.2) is 47.4 Å². The molecule has 436 valence electrons. The smallest absolute Gasteiger partial charge is 0.305 e. The highest BCUT2D eigenvalue weighted by Gasteiger charge is 2.20. The maximum atomic E-state index is 12.5. The number of allylic oxidation sites excluding steroid dienone is 6. The van der Waals surface area contributed by atoms with Crippen LogP contribution in [0.15, 0.2) is 36.5 Å². The highest BCUT2D eigenvalue weighted by atomic mass is 16.5. The number of rotatable bonds is 62. The molecule has 0 bridgehead atoms. The summed E-state index contributed by atoms with van der Waals surface area (Å²) in [7, 11) is 0. The molecule has 0 aromatic heterocycles. The van der Waals surface area contributed by atoms with E-state index >= 15 is 0 Å². The Hall–Kier alpha value is -1.92. The van der Waals surface area contributed by atoms with E-state index < -0.39 is 12.1 Å². The standard InChI is InChI=1S/C68H129NO5/c1-3-5-7-9-11-13-15-17-19-21-22-23-24-26-29-32-36-40-44-48-52-56-60-66(71)65(64-70)69-67(72)61-57-53-49-45-41-37-33-30-27-25-28-31-35-39-43-47-51-55-59-63-74-68(73)62-58-54-50-46-42-38-34-20-18-16-14-12-10-8-6-4-2/h20,31,34-35,39,43,65-66,70-71H,3-19,21-30,32-33,36-38,40-42,44-64H2,1-2H3,(H,69,72)/b34-20-,35-31-,43-39-. The fourth-order valence-electron chi connectivity index (χ4n) is 10.3. The molecule has 0 aliphatic rings. The van der Waals surface area contributed by atoms with E-state index in [1.165, 1.54) is 257 Å². The number of ether oxygens (including phenoxy) is 1. The van der Waals surface area contributed by atoms with Gasteiger partial charge < -0.3 is 20.3 Å². The monoisotopic (exact) mass is 1040 g/mol. The van der Waals surface area contributed by atoms with E-state index in [0.29, 0.717) is 25.9 Å². The minimum absolute atomic E-state index is 0.0201. The number of carbonyl (C=O) groups is 2. The molecule has 0 saturated carbocycles. The molecule has 6 heteroatoms. The number of nitrogens with one attached hydrogen (secondary N) is 1. The van der Waals surface area contributed by atoms with Gasteiger partial charge in [-0.15, -0.1) is 0 Å². The summed E-state index contributed by atoms with van der Waals surface area (Å²) >= 11 is 0. The number of carbonyl (C=O) groups excluding carboxylic acids is 2. The van der Waals surface area contributed by atoms with E-state index in [0.717, 1.165) is 70.6 Å². The molecule has 74 heavy (non-hydrogen) atoms. The van der Waals surface area contributed by atoms with Crippen molar-refractivity contribution in [1.29, 1.82) is 0 Å². The lowest BCUT2D eigenvalue weighted by molar-refractivity contribution is -0.143. The van der Waals surface area contributed by atoms with Crippen LogP contribution in [0.5, 0.6) is 0 Å². The maximum Gasteiger partial charge on any atom is 0.305 e. The van der Waals surface area contributed by atoms with Crippen LogP contribution in [0.3, 0.4) is 0 Å². The Labute approximate surface area is 462 Å². The van der Waals surface area contributed by atoms with Crippen molar-refractivity contribution in [3.05, 3.63) is 36.5 Å². The summed E-state index contributed by atoms with van der Waals surface area (Å²) in [5, 5.41) is 23.4. The highest BCUT2D eigenvalue weighted by molar-refractivity contribution is 5.76. The minimum atomic E-state index is -0.673. The summed E-state index contributed by atoms with van der Waals surface area (Å²) in [4.78, 5) is 24.6. The van der Waals surface area contributed by atoms with E-state index in [4.69, 9.17) is 4.74 Å². The third-order valence-electron chi connectivity index (χ3n) is 15.4. The number of aliphatic hydroxyl groups excluding tert-OH is 2. The van der Waals surface area contributed by atoms with E-state index in [2.05, 4.69) is 55.6 Å². The Morgan fingerprint density at radius 3 is 1.04 bits per heavy atom. The Bertz CT molecular complexity index is 1200. The second-order valence-corrected chi connectivity index (χ2v) is 22.8. The van der Waals surface area contributed by atoms with Gasteiger partial charge in [0.1, 0.15) is 0 Å². The van der Waals surface area contributed by atoms with E-state index in [9.17, 15) is 19.8 Å². The molecule has 0 spiro atoms. The first-order chi connectivity index (χ1) is 36.5. The summed E-state index contributed by atoms with van der Waals surface area (Å²) in [5.74, 6) is -0.0618. The molecule has 0 radical (unpaired) electrons. The molecule has 6 nitrogen and oxygen atoms in total. The average Bonchev–Trinajstić information content (AvgIpc) is 3.40. The Balaban J connectivity index is 3.47. The number of amides is 1. The molecule has 0 aliphatic heterocycles. The Morgan fingerprint density at radius 1 is 0.378 bits per heavy atom. The van der Waals surface area contributed by atoms with Crippen molar-refractivity contribution in [3.63, 3.8) is 0 Å². The van der Waals surface area contributed by atoms with Crippen molar-refractivity contribution >= 4 is 11.9 Å². The highest BCUT2D eigenvalue weighted by Crippen LogP contribution is 2.18. The molecular weight excluding hydrogens is 911 g/mol. The quantitative estimate of drug-likeness (QED) is 0.0244. The van der Waals surface area contributed by atoms with Gasteiger partial charge in [-0.3, -0.25) is 9.59 Å². The molecule has 1 amide bonds. The maximum absolute atomic E-state index is 12.5. The molecule has 0 aliphatic carbocycles. The van der Waals surface area contributed by atoms with Crippen molar-refractivity contribution in [2.75, 3.05) is 13.2 Å². The number of hydrogen-bond acceptors (Lipinski definition) is 5. The van der Waals surface area contributed by atoms with Gasteiger partial charge in [-0.25, -0.2) is 0 Å². The van der Waals surface area contributed by atoms with Gasteiger partial charge in [-0.2, -0.15) is 0 Å². The molecule has 0 aromatic carbocycles. The lowest BCUT2D eigenvalue weighted by Crippen LogP contribution is -2.45. The zero-order chi connectivity index (χ0) is 53.6.